The molecule has 3 aliphatic heterocycles. The predicted octanol–water partition coefficient (Wildman–Crippen LogP) is 0.565. The Morgan fingerprint density at radius 2 is 2.33 bits per heavy atom. The van der Waals surface area contributed by atoms with E-state index in [-0.39, 0.29) is 5.97 Å². The van der Waals surface area contributed by atoms with Crippen LogP contribution in [0.2, 0.25) is 0 Å². The molecule has 0 N–H and O–H groups in total. The smallest absolute Gasteiger partial charge is 0.358 e. The molecule has 3 aliphatic rings. The van der Waals surface area contributed by atoms with Crippen molar-refractivity contribution in [2.24, 2.45) is 0 Å². The molecule has 1 unspecified atom stereocenters. The Morgan fingerprint density at radius 1 is 1.50 bits per heavy atom. The lowest BCUT2D eigenvalue weighted by Crippen LogP contribution is -2.21. The largest absolute Gasteiger partial charge is 0.437 e. The first-order valence-corrected chi connectivity index (χ1v) is 3.88. The predicted molar refractivity (Wildman–Crippen MR) is 41.9 cm³/mol. The number of hydrogen-bond donors (Lipinski definition) is 0. The number of carbonyl (C=O) groups is 1. The summed E-state index contributed by atoms with van der Waals surface area (Å²) >= 11 is 0. The summed E-state index contributed by atoms with van der Waals surface area (Å²) in [4.78, 5) is 12.9. The summed E-state index contributed by atoms with van der Waals surface area (Å²) in [6.07, 6.45) is 9.71. The van der Waals surface area contributed by atoms with Gasteiger partial charge >= 0.3 is 5.97 Å². The van der Waals surface area contributed by atoms with Gasteiger partial charge in [-0.3, -0.25) is 0 Å². The molecule has 3 rings (SSSR count). The Labute approximate surface area is 69.6 Å². The van der Waals surface area contributed by atoms with Gasteiger partial charge in [-0.25, -0.2) is 4.79 Å². The van der Waals surface area contributed by atoms with Crippen molar-refractivity contribution in [3.63, 3.8) is 0 Å². The fourth-order valence-electron chi connectivity index (χ4n) is 1.63. The minimum Gasteiger partial charge on any atom is -0.437 e. The third kappa shape index (κ3) is 0.587. The van der Waals surface area contributed by atoms with Crippen molar-refractivity contribution in [3.05, 3.63) is 36.2 Å². The highest BCUT2D eigenvalue weighted by Gasteiger charge is 2.60. The molecular weight excluding hydrogens is 154 g/mol. The van der Waals surface area contributed by atoms with Gasteiger partial charge in [0.25, 0.3) is 0 Å². The number of epoxide rings is 1. The van der Waals surface area contributed by atoms with Crippen LogP contribution in [0, 0.1) is 0 Å². The van der Waals surface area contributed by atoms with Crippen LogP contribution < -0.4 is 0 Å². The quantitative estimate of drug-likeness (QED) is 0.487. The maximum atomic E-state index is 10.9. The van der Waals surface area contributed by atoms with E-state index in [9.17, 15) is 4.79 Å². The zero-order valence-electron chi connectivity index (χ0n) is 6.36. The summed E-state index contributed by atoms with van der Waals surface area (Å²) in [6, 6.07) is 0. The highest BCUT2D eigenvalue weighted by molar-refractivity contribution is 5.96. The Hall–Kier alpha value is -1.51. The lowest BCUT2D eigenvalue weighted by Gasteiger charge is -2.16. The van der Waals surface area contributed by atoms with Gasteiger partial charge in [0, 0.05) is 11.9 Å². The molecule has 1 spiro atoms. The molecule has 1 saturated heterocycles. The summed E-state index contributed by atoms with van der Waals surface area (Å²) in [6.45, 7) is 0.641. The second-order valence-corrected chi connectivity index (χ2v) is 3.18. The molecule has 0 aromatic carbocycles. The average molecular weight is 161 g/mol. The van der Waals surface area contributed by atoms with E-state index < -0.39 is 5.60 Å². The second kappa shape index (κ2) is 1.63. The maximum absolute atomic E-state index is 10.9. The molecule has 0 aromatic rings. The van der Waals surface area contributed by atoms with Crippen molar-refractivity contribution < 1.29 is 9.53 Å². The van der Waals surface area contributed by atoms with Gasteiger partial charge in [0.1, 0.15) is 0 Å². The average Bonchev–Trinajstić information content (AvgIpc) is 2.57. The lowest BCUT2D eigenvalue weighted by molar-refractivity contribution is -0.117. The number of hydrogen-bond acceptors (Lipinski definition) is 3. The molecule has 12 heavy (non-hydrogen) atoms. The zero-order chi connectivity index (χ0) is 8.18. The van der Waals surface area contributed by atoms with E-state index in [1.54, 1.807) is 0 Å². The topological polar surface area (TPSA) is 32.8 Å². The molecular formula is C9H7NO2. The minimum absolute atomic E-state index is 0.105. The summed E-state index contributed by atoms with van der Waals surface area (Å²) in [5.41, 5.74) is 0.470. The fourth-order valence-corrected chi connectivity index (χ4v) is 1.63. The first-order valence-electron chi connectivity index (χ1n) is 3.88. The SMILES string of the molecule is O=C1OC12C=C1C=CC=CN1C2. The number of allylic oxidation sites excluding steroid dienone is 3. The van der Waals surface area contributed by atoms with Crippen LogP contribution in [0.5, 0.6) is 0 Å². The molecule has 0 aromatic heterocycles. The van der Waals surface area contributed by atoms with Crippen molar-refractivity contribution >= 4 is 5.97 Å². The number of ether oxygens (including phenoxy) is 1. The van der Waals surface area contributed by atoms with E-state index in [1.165, 1.54) is 0 Å². The molecule has 1 fully saturated rings. The molecule has 0 amide bonds. The van der Waals surface area contributed by atoms with Crippen LogP contribution in [0.4, 0.5) is 0 Å². The Kier molecular flexibility index (Phi) is 0.822. The molecule has 0 radical (unpaired) electrons. The van der Waals surface area contributed by atoms with Gasteiger partial charge < -0.3 is 9.64 Å². The number of carbonyl (C=O) groups excluding carboxylic acids is 1. The van der Waals surface area contributed by atoms with Crippen molar-refractivity contribution in [2.75, 3.05) is 6.54 Å². The number of nitrogens with zero attached hydrogens (tertiary/aromatic N) is 1. The van der Waals surface area contributed by atoms with Crippen LogP contribution >= 0.6 is 0 Å². The number of rotatable bonds is 0. The van der Waals surface area contributed by atoms with Crippen LogP contribution in [0.1, 0.15) is 0 Å². The summed E-state index contributed by atoms with van der Waals surface area (Å²) < 4.78 is 4.93. The first-order chi connectivity index (χ1) is 5.80. The van der Waals surface area contributed by atoms with Crippen molar-refractivity contribution in [1.29, 1.82) is 0 Å². The Balaban J connectivity index is 2.02. The highest BCUT2D eigenvalue weighted by atomic mass is 16.7. The molecule has 3 heteroatoms. The van der Waals surface area contributed by atoms with Gasteiger partial charge in [-0.05, 0) is 18.2 Å². The van der Waals surface area contributed by atoms with Gasteiger partial charge in [0.2, 0.25) is 5.60 Å². The third-order valence-corrected chi connectivity index (χ3v) is 2.34. The third-order valence-electron chi connectivity index (χ3n) is 2.34. The Morgan fingerprint density at radius 3 is 3.00 bits per heavy atom. The summed E-state index contributed by atoms with van der Waals surface area (Å²) in [7, 11) is 0. The maximum Gasteiger partial charge on any atom is 0.358 e. The van der Waals surface area contributed by atoms with Gasteiger partial charge in [0.15, 0.2) is 0 Å². The lowest BCUT2D eigenvalue weighted by atomic mass is 10.2. The van der Waals surface area contributed by atoms with Crippen molar-refractivity contribution in [3.8, 4) is 0 Å². The van der Waals surface area contributed by atoms with E-state index in [4.69, 9.17) is 4.74 Å². The molecule has 60 valence electrons. The Bertz CT molecular complexity index is 354. The van der Waals surface area contributed by atoms with E-state index in [0.717, 1.165) is 5.70 Å². The molecule has 3 heterocycles. The number of fused-ring (bicyclic) bond motifs is 1. The fraction of sp³-hybridized carbons (Fsp3) is 0.222. The molecule has 1 atom stereocenters. The first kappa shape index (κ1) is 6.06. The van der Waals surface area contributed by atoms with Crippen molar-refractivity contribution in [1.82, 2.24) is 4.90 Å². The van der Waals surface area contributed by atoms with Crippen LogP contribution in [-0.4, -0.2) is 23.0 Å². The molecule has 0 aliphatic carbocycles. The van der Waals surface area contributed by atoms with Crippen LogP contribution in [0.25, 0.3) is 0 Å². The molecule has 3 nitrogen and oxygen atoms in total. The van der Waals surface area contributed by atoms with Crippen molar-refractivity contribution in [2.45, 2.75) is 5.60 Å². The van der Waals surface area contributed by atoms with Crippen LogP contribution in [-0.2, 0) is 9.53 Å². The van der Waals surface area contributed by atoms with Gasteiger partial charge in [-0.15, -0.1) is 0 Å². The van der Waals surface area contributed by atoms with E-state index in [2.05, 4.69) is 0 Å². The summed E-state index contributed by atoms with van der Waals surface area (Å²) in [5, 5.41) is 0. The summed E-state index contributed by atoms with van der Waals surface area (Å²) in [5.74, 6) is -0.105. The second-order valence-electron chi connectivity index (χ2n) is 3.18. The van der Waals surface area contributed by atoms with Crippen LogP contribution in [0.15, 0.2) is 36.2 Å². The molecule has 0 bridgehead atoms. The van der Waals surface area contributed by atoms with Gasteiger partial charge in [-0.2, -0.15) is 0 Å². The van der Waals surface area contributed by atoms with E-state index in [0.29, 0.717) is 6.54 Å². The highest BCUT2D eigenvalue weighted by Crippen LogP contribution is 2.40. The molecule has 0 saturated carbocycles. The standard InChI is InChI=1S/C9H7NO2/c11-8-9(12-8)5-7-3-1-2-4-10(7)6-9/h1-5H,6H2. The minimum atomic E-state index is -0.589. The monoisotopic (exact) mass is 161 g/mol. The van der Waals surface area contributed by atoms with E-state index >= 15 is 0 Å². The normalized spacial score (nSPS) is 35.2. The van der Waals surface area contributed by atoms with E-state index in [1.807, 2.05) is 35.4 Å². The van der Waals surface area contributed by atoms with Gasteiger partial charge in [0.05, 0.1) is 6.54 Å². The zero-order valence-corrected chi connectivity index (χ0v) is 6.36. The van der Waals surface area contributed by atoms with Gasteiger partial charge in [-0.1, -0.05) is 6.08 Å². The van der Waals surface area contributed by atoms with Crippen LogP contribution in [0.3, 0.4) is 0 Å².